The molecule has 1 aliphatic rings. The van der Waals surface area contributed by atoms with E-state index in [1.54, 1.807) is 0 Å². The van der Waals surface area contributed by atoms with E-state index in [9.17, 15) is 4.79 Å². The van der Waals surface area contributed by atoms with Crippen molar-refractivity contribution >= 4 is 5.91 Å². The van der Waals surface area contributed by atoms with E-state index >= 15 is 0 Å². The van der Waals surface area contributed by atoms with E-state index in [4.69, 9.17) is 4.98 Å². The molecule has 1 N–H and O–H groups in total. The van der Waals surface area contributed by atoms with Gasteiger partial charge in [0.2, 0.25) is 0 Å². The molecule has 2 heterocycles. The Labute approximate surface area is 204 Å². The SMILES string of the molecule is Cc1cccc(CNC(=O)c2ccc(C)nc2C2CCN(Cc3ccc(C(C)C)cc3)CC2)c1. The summed E-state index contributed by atoms with van der Waals surface area (Å²) in [5, 5.41) is 3.11. The number of carbonyl (C=O) groups excluding carboxylic acids is 1. The molecule has 0 radical (unpaired) electrons. The van der Waals surface area contributed by atoms with Gasteiger partial charge in [0, 0.05) is 24.7 Å². The van der Waals surface area contributed by atoms with Gasteiger partial charge in [-0.1, -0.05) is 67.9 Å². The maximum atomic E-state index is 13.1. The van der Waals surface area contributed by atoms with Gasteiger partial charge in [-0.15, -0.1) is 0 Å². The summed E-state index contributed by atoms with van der Waals surface area (Å²) < 4.78 is 0. The maximum Gasteiger partial charge on any atom is 0.253 e. The fourth-order valence-electron chi connectivity index (χ4n) is 4.81. The Bertz CT molecular complexity index is 1110. The van der Waals surface area contributed by atoms with E-state index in [-0.39, 0.29) is 5.91 Å². The van der Waals surface area contributed by atoms with Crippen LogP contribution in [-0.4, -0.2) is 28.9 Å². The van der Waals surface area contributed by atoms with Crippen molar-refractivity contribution in [2.75, 3.05) is 13.1 Å². The standard InChI is InChI=1S/C30H37N3O/c1-21(2)26-11-9-24(10-12-26)20-33-16-14-27(15-17-33)29-28(13-8-23(4)32-29)30(34)31-19-25-7-5-6-22(3)18-25/h5-13,18,21,27H,14-17,19-20H2,1-4H3,(H,31,34). The third-order valence-electron chi connectivity index (χ3n) is 6.87. The van der Waals surface area contributed by atoms with Crippen molar-refractivity contribution in [3.8, 4) is 0 Å². The summed E-state index contributed by atoms with van der Waals surface area (Å²) in [7, 11) is 0. The fourth-order valence-corrected chi connectivity index (χ4v) is 4.81. The number of nitrogens with one attached hydrogen (secondary N) is 1. The van der Waals surface area contributed by atoms with Gasteiger partial charge in [-0.05, 0) is 74.5 Å². The number of hydrogen-bond donors (Lipinski definition) is 1. The molecule has 1 fully saturated rings. The zero-order valence-corrected chi connectivity index (χ0v) is 21.0. The molecule has 0 atom stereocenters. The lowest BCUT2D eigenvalue weighted by atomic mass is 9.89. The van der Waals surface area contributed by atoms with E-state index in [1.807, 2.05) is 31.2 Å². The van der Waals surface area contributed by atoms with E-state index in [0.717, 1.165) is 55.0 Å². The van der Waals surface area contributed by atoms with Crippen molar-refractivity contribution in [1.29, 1.82) is 0 Å². The van der Waals surface area contributed by atoms with Gasteiger partial charge in [0.25, 0.3) is 5.91 Å². The zero-order valence-electron chi connectivity index (χ0n) is 21.0. The van der Waals surface area contributed by atoms with E-state index in [0.29, 0.717) is 18.4 Å². The van der Waals surface area contributed by atoms with Gasteiger partial charge in [0.1, 0.15) is 0 Å². The van der Waals surface area contributed by atoms with Gasteiger partial charge in [-0.2, -0.15) is 0 Å². The second-order valence-corrected chi connectivity index (χ2v) is 10.0. The van der Waals surface area contributed by atoms with Crippen molar-refractivity contribution in [1.82, 2.24) is 15.2 Å². The van der Waals surface area contributed by atoms with Gasteiger partial charge in [-0.25, -0.2) is 0 Å². The molecule has 3 aromatic rings. The minimum absolute atomic E-state index is 0.0309. The van der Waals surface area contributed by atoms with Gasteiger partial charge >= 0.3 is 0 Å². The monoisotopic (exact) mass is 455 g/mol. The normalized spacial score (nSPS) is 15.0. The number of likely N-dealkylation sites (tertiary alicyclic amines) is 1. The van der Waals surface area contributed by atoms with Crippen molar-refractivity contribution < 1.29 is 4.79 Å². The van der Waals surface area contributed by atoms with Crippen LogP contribution in [0, 0.1) is 13.8 Å². The smallest absolute Gasteiger partial charge is 0.253 e. The molecular weight excluding hydrogens is 418 g/mol. The highest BCUT2D eigenvalue weighted by Gasteiger charge is 2.26. The lowest BCUT2D eigenvalue weighted by Crippen LogP contribution is -2.34. The Morgan fingerprint density at radius 1 is 1.00 bits per heavy atom. The van der Waals surface area contributed by atoms with E-state index in [2.05, 4.69) is 67.4 Å². The first-order valence-electron chi connectivity index (χ1n) is 12.5. The number of hydrogen-bond acceptors (Lipinski definition) is 3. The van der Waals surface area contributed by atoms with Gasteiger partial charge in [0.15, 0.2) is 0 Å². The Kier molecular flexibility index (Phi) is 7.79. The lowest BCUT2D eigenvalue weighted by Gasteiger charge is -2.32. The molecule has 34 heavy (non-hydrogen) atoms. The molecule has 1 aliphatic heterocycles. The summed E-state index contributed by atoms with van der Waals surface area (Å²) in [6.45, 7) is 12.1. The Morgan fingerprint density at radius 3 is 2.41 bits per heavy atom. The minimum Gasteiger partial charge on any atom is -0.348 e. The van der Waals surface area contributed by atoms with Crippen LogP contribution in [0.25, 0.3) is 0 Å². The number of piperidine rings is 1. The highest BCUT2D eigenvalue weighted by atomic mass is 16.1. The first-order valence-corrected chi connectivity index (χ1v) is 12.5. The highest BCUT2D eigenvalue weighted by molar-refractivity contribution is 5.95. The van der Waals surface area contributed by atoms with Crippen LogP contribution in [-0.2, 0) is 13.1 Å². The maximum absolute atomic E-state index is 13.1. The second-order valence-electron chi connectivity index (χ2n) is 10.0. The Hall–Kier alpha value is -2.98. The quantitative estimate of drug-likeness (QED) is 0.466. The summed E-state index contributed by atoms with van der Waals surface area (Å²) in [5.74, 6) is 0.852. The third kappa shape index (κ3) is 6.12. The summed E-state index contributed by atoms with van der Waals surface area (Å²) in [4.78, 5) is 20.5. The topological polar surface area (TPSA) is 45.2 Å². The van der Waals surface area contributed by atoms with Gasteiger partial charge < -0.3 is 5.32 Å². The van der Waals surface area contributed by atoms with Crippen LogP contribution in [0.1, 0.15) is 82.5 Å². The lowest BCUT2D eigenvalue weighted by molar-refractivity contribution is 0.0948. The van der Waals surface area contributed by atoms with Crippen molar-refractivity contribution in [2.24, 2.45) is 0 Å². The summed E-state index contributed by atoms with van der Waals surface area (Å²) in [5.41, 5.74) is 7.73. The molecule has 178 valence electrons. The van der Waals surface area contributed by atoms with Gasteiger partial charge in [-0.3, -0.25) is 14.7 Å². The predicted molar refractivity (Wildman–Crippen MR) is 139 cm³/mol. The summed E-state index contributed by atoms with van der Waals surface area (Å²) >= 11 is 0. The first kappa shape index (κ1) is 24.2. The number of pyridine rings is 1. The molecule has 1 saturated heterocycles. The van der Waals surface area contributed by atoms with E-state index in [1.165, 1.54) is 16.7 Å². The average Bonchev–Trinajstić information content (AvgIpc) is 2.83. The van der Waals surface area contributed by atoms with E-state index < -0.39 is 0 Å². The molecule has 2 aromatic carbocycles. The van der Waals surface area contributed by atoms with Crippen molar-refractivity contribution in [3.05, 3.63) is 99.9 Å². The molecule has 0 bridgehead atoms. The van der Waals surface area contributed by atoms with Crippen LogP contribution in [0.2, 0.25) is 0 Å². The second kappa shape index (κ2) is 11.0. The first-order chi connectivity index (χ1) is 16.4. The highest BCUT2D eigenvalue weighted by Crippen LogP contribution is 2.30. The molecule has 0 saturated carbocycles. The minimum atomic E-state index is -0.0309. The molecule has 0 unspecified atom stereocenters. The Morgan fingerprint density at radius 2 is 1.74 bits per heavy atom. The molecular formula is C30H37N3O. The molecule has 0 aliphatic carbocycles. The van der Waals surface area contributed by atoms with Gasteiger partial charge in [0.05, 0.1) is 11.3 Å². The van der Waals surface area contributed by atoms with Crippen molar-refractivity contribution in [3.63, 3.8) is 0 Å². The van der Waals surface area contributed by atoms with Crippen molar-refractivity contribution in [2.45, 2.75) is 65.5 Å². The number of rotatable bonds is 7. The van der Waals surface area contributed by atoms with Crippen LogP contribution < -0.4 is 5.32 Å². The Balaban J connectivity index is 1.38. The number of aryl methyl sites for hydroxylation is 2. The molecule has 1 amide bonds. The number of amides is 1. The molecule has 0 spiro atoms. The summed E-state index contributed by atoms with van der Waals surface area (Å²) in [6.07, 6.45) is 2.05. The molecule has 4 rings (SSSR count). The third-order valence-corrected chi connectivity index (χ3v) is 6.87. The fraction of sp³-hybridized carbons (Fsp3) is 0.400. The van der Waals surface area contributed by atoms with Crippen LogP contribution in [0.5, 0.6) is 0 Å². The molecule has 1 aromatic heterocycles. The number of aromatic nitrogens is 1. The van der Waals surface area contributed by atoms with Crippen LogP contribution in [0.15, 0.2) is 60.7 Å². The molecule has 4 nitrogen and oxygen atoms in total. The van der Waals surface area contributed by atoms with Crippen LogP contribution in [0.3, 0.4) is 0 Å². The predicted octanol–water partition coefficient (Wildman–Crippen LogP) is 6.13. The van der Waals surface area contributed by atoms with Crippen LogP contribution >= 0.6 is 0 Å². The number of nitrogens with zero attached hydrogens (tertiary/aromatic N) is 2. The number of carbonyl (C=O) groups is 1. The summed E-state index contributed by atoms with van der Waals surface area (Å²) in [6, 6.07) is 21.2. The zero-order chi connectivity index (χ0) is 24.1. The largest absolute Gasteiger partial charge is 0.348 e. The van der Waals surface area contributed by atoms with Crippen LogP contribution in [0.4, 0.5) is 0 Å². The number of benzene rings is 2. The molecule has 4 heteroatoms. The average molecular weight is 456 g/mol.